The molecule has 0 unspecified atom stereocenters. The Morgan fingerprint density at radius 1 is 1.06 bits per heavy atom. The van der Waals surface area contributed by atoms with Crippen molar-refractivity contribution in [2.24, 2.45) is 0 Å². The lowest BCUT2D eigenvalue weighted by molar-refractivity contribution is -0.136. The van der Waals surface area contributed by atoms with Crippen molar-refractivity contribution in [2.75, 3.05) is 5.32 Å². The van der Waals surface area contributed by atoms with Crippen LogP contribution in [0.3, 0.4) is 0 Å². The summed E-state index contributed by atoms with van der Waals surface area (Å²) < 4.78 is 25.6. The van der Waals surface area contributed by atoms with Gasteiger partial charge in [-0.25, -0.2) is 8.78 Å². The Morgan fingerprint density at radius 3 is 2.06 bits per heavy atom. The van der Waals surface area contributed by atoms with Crippen molar-refractivity contribution in [3.8, 4) is 0 Å². The Kier molecular flexibility index (Phi) is 4.14. The lowest BCUT2D eigenvalue weighted by Gasteiger charge is -2.08. The highest BCUT2D eigenvalue weighted by atomic mass is 19.1. The highest BCUT2D eigenvalue weighted by Gasteiger charge is 2.15. The van der Waals surface area contributed by atoms with Crippen LogP contribution in [0.1, 0.15) is 13.8 Å². The van der Waals surface area contributed by atoms with E-state index >= 15 is 0 Å². The molecule has 0 aliphatic carbocycles. The molecule has 1 rings (SSSR count). The zero-order chi connectivity index (χ0) is 13.0. The molecular weight excluding hydrogens is 230 g/mol. The molecule has 2 N–H and O–H groups in total. The molecule has 2 amide bonds. The molecule has 0 fully saturated rings. The maximum atomic E-state index is 12.8. The van der Waals surface area contributed by atoms with E-state index in [1.54, 1.807) is 13.8 Å². The Morgan fingerprint density at radius 2 is 1.59 bits per heavy atom. The number of nitrogens with one attached hydrogen (secondary N) is 2. The van der Waals surface area contributed by atoms with Gasteiger partial charge in [-0.05, 0) is 26.0 Å². The average Bonchev–Trinajstić information content (AvgIpc) is 2.14. The maximum Gasteiger partial charge on any atom is 0.313 e. The molecule has 1 aromatic rings. The number of carbonyl (C=O) groups excluding carboxylic acids is 2. The Hall–Kier alpha value is -1.98. The van der Waals surface area contributed by atoms with E-state index in [9.17, 15) is 18.4 Å². The standard InChI is InChI=1S/C11H12F2N2O2/c1-6(2)14-10(16)11(17)15-9-4-7(12)3-8(13)5-9/h3-6H,1-2H3,(H,14,16)(H,15,17). The van der Waals surface area contributed by atoms with Crippen LogP contribution in [-0.4, -0.2) is 17.9 Å². The van der Waals surface area contributed by atoms with Crippen LogP contribution in [0, 0.1) is 11.6 Å². The zero-order valence-electron chi connectivity index (χ0n) is 9.38. The predicted molar refractivity (Wildman–Crippen MR) is 58.3 cm³/mol. The molecule has 4 nitrogen and oxygen atoms in total. The topological polar surface area (TPSA) is 58.2 Å². The summed E-state index contributed by atoms with van der Waals surface area (Å²) in [6, 6.07) is 2.31. The Labute approximate surface area is 97.0 Å². The van der Waals surface area contributed by atoms with Crippen LogP contribution < -0.4 is 10.6 Å². The molecule has 6 heteroatoms. The van der Waals surface area contributed by atoms with Crippen LogP contribution in [0.5, 0.6) is 0 Å². The van der Waals surface area contributed by atoms with Crippen molar-refractivity contribution in [2.45, 2.75) is 19.9 Å². The van der Waals surface area contributed by atoms with Crippen molar-refractivity contribution >= 4 is 17.5 Å². The molecule has 0 radical (unpaired) electrons. The number of carbonyl (C=O) groups is 2. The fourth-order valence-corrected chi connectivity index (χ4v) is 1.14. The highest BCUT2D eigenvalue weighted by Crippen LogP contribution is 2.12. The van der Waals surface area contributed by atoms with E-state index in [0.29, 0.717) is 6.07 Å². The first-order valence-corrected chi connectivity index (χ1v) is 4.96. The van der Waals surface area contributed by atoms with E-state index in [2.05, 4.69) is 10.6 Å². The van der Waals surface area contributed by atoms with Crippen LogP contribution in [0.15, 0.2) is 18.2 Å². The molecule has 0 spiro atoms. The summed E-state index contributed by atoms with van der Waals surface area (Å²) in [6.45, 7) is 3.38. The lowest BCUT2D eigenvalue weighted by atomic mass is 10.3. The van der Waals surface area contributed by atoms with E-state index in [1.165, 1.54) is 0 Å². The number of amides is 2. The van der Waals surface area contributed by atoms with Crippen LogP contribution in [-0.2, 0) is 9.59 Å². The molecule has 0 atom stereocenters. The molecule has 0 bridgehead atoms. The first-order valence-electron chi connectivity index (χ1n) is 4.96. The van der Waals surface area contributed by atoms with Gasteiger partial charge in [0.1, 0.15) is 11.6 Å². The highest BCUT2D eigenvalue weighted by molar-refractivity contribution is 6.39. The third kappa shape index (κ3) is 4.18. The molecule has 0 saturated carbocycles. The second-order valence-electron chi connectivity index (χ2n) is 3.74. The van der Waals surface area contributed by atoms with Gasteiger partial charge in [0.05, 0.1) is 0 Å². The first-order chi connectivity index (χ1) is 7.88. The summed E-state index contributed by atoms with van der Waals surface area (Å²) in [5.74, 6) is -3.48. The summed E-state index contributed by atoms with van der Waals surface area (Å²) in [6.07, 6.45) is 0. The minimum atomic E-state index is -0.969. The van der Waals surface area contributed by atoms with E-state index in [-0.39, 0.29) is 11.7 Å². The lowest BCUT2D eigenvalue weighted by Crippen LogP contribution is -2.39. The van der Waals surface area contributed by atoms with Crippen LogP contribution in [0.25, 0.3) is 0 Å². The maximum absolute atomic E-state index is 12.8. The number of halogens is 2. The third-order valence-corrected chi connectivity index (χ3v) is 1.75. The average molecular weight is 242 g/mol. The number of hydrogen-bond donors (Lipinski definition) is 2. The fraction of sp³-hybridized carbons (Fsp3) is 0.273. The summed E-state index contributed by atoms with van der Waals surface area (Å²) in [4.78, 5) is 22.5. The van der Waals surface area contributed by atoms with Crippen LogP contribution in [0.4, 0.5) is 14.5 Å². The smallest absolute Gasteiger partial charge is 0.313 e. The summed E-state index contributed by atoms with van der Waals surface area (Å²) in [5, 5.41) is 4.45. The molecule has 0 aromatic heterocycles. The SMILES string of the molecule is CC(C)NC(=O)C(=O)Nc1cc(F)cc(F)c1. The molecule has 0 heterocycles. The van der Waals surface area contributed by atoms with Gasteiger partial charge in [-0.15, -0.1) is 0 Å². The molecule has 92 valence electrons. The molecule has 0 saturated heterocycles. The molecule has 0 aliphatic heterocycles. The predicted octanol–water partition coefficient (Wildman–Crippen LogP) is 1.43. The molecular formula is C11H12F2N2O2. The van der Waals surface area contributed by atoms with E-state index in [4.69, 9.17) is 0 Å². The Bertz CT molecular complexity index is 427. The van der Waals surface area contributed by atoms with Crippen molar-refractivity contribution in [1.82, 2.24) is 5.32 Å². The summed E-state index contributed by atoms with van der Waals surface area (Å²) >= 11 is 0. The normalized spacial score (nSPS) is 10.2. The van der Waals surface area contributed by atoms with Gasteiger partial charge >= 0.3 is 11.8 Å². The van der Waals surface area contributed by atoms with E-state index < -0.39 is 23.4 Å². The quantitative estimate of drug-likeness (QED) is 0.771. The van der Waals surface area contributed by atoms with Gasteiger partial charge in [-0.2, -0.15) is 0 Å². The first kappa shape index (κ1) is 13.1. The van der Waals surface area contributed by atoms with Gasteiger partial charge in [0, 0.05) is 17.8 Å². The van der Waals surface area contributed by atoms with Crippen molar-refractivity contribution in [3.05, 3.63) is 29.8 Å². The number of rotatable bonds is 2. The van der Waals surface area contributed by atoms with Crippen molar-refractivity contribution in [1.29, 1.82) is 0 Å². The number of anilines is 1. The van der Waals surface area contributed by atoms with Gasteiger partial charge in [-0.3, -0.25) is 9.59 Å². The monoisotopic (exact) mass is 242 g/mol. The van der Waals surface area contributed by atoms with Gasteiger partial charge in [-0.1, -0.05) is 0 Å². The van der Waals surface area contributed by atoms with Gasteiger partial charge < -0.3 is 10.6 Å². The van der Waals surface area contributed by atoms with Crippen LogP contribution in [0.2, 0.25) is 0 Å². The minimum absolute atomic E-state index is 0.105. The number of hydrogen-bond acceptors (Lipinski definition) is 2. The fourth-order valence-electron chi connectivity index (χ4n) is 1.14. The minimum Gasteiger partial charge on any atom is -0.346 e. The summed E-state index contributed by atoms with van der Waals surface area (Å²) in [7, 11) is 0. The largest absolute Gasteiger partial charge is 0.346 e. The molecule has 17 heavy (non-hydrogen) atoms. The second kappa shape index (κ2) is 5.38. The van der Waals surface area contributed by atoms with E-state index in [1.807, 2.05) is 0 Å². The molecule has 1 aromatic carbocycles. The van der Waals surface area contributed by atoms with Crippen LogP contribution >= 0.6 is 0 Å². The number of benzene rings is 1. The zero-order valence-corrected chi connectivity index (χ0v) is 9.38. The second-order valence-corrected chi connectivity index (χ2v) is 3.74. The van der Waals surface area contributed by atoms with Crippen molar-refractivity contribution < 1.29 is 18.4 Å². The molecule has 0 aliphatic rings. The van der Waals surface area contributed by atoms with Gasteiger partial charge in [0.2, 0.25) is 0 Å². The van der Waals surface area contributed by atoms with Gasteiger partial charge in [0.15, 0.2) is 0 Å². The van der Waals surface area contributed by atoms with E-state index in [0.717, 1.165) is 12.1 Å². The van der Waals surface area contributed by atoms with Gasteiger partial charge in [0.25, 0.3) is 0 Å². The third-order valence-electron chi connectivity index (χ3n) is 1.75. The Balaban J connectivity index is 2.71. The van der Waals surface area contributed by atoms with Crippen molar-refractivity contribution in [3.63, 3.8) is 0 Å². The summed E-state index contributed by atoms with van der Waals surface area (Å²) in [5.41, 5.74) is -0.105.